The van der Waals surface area contributed by atoms with Crippen LogP contribution in [-0.4, -0.2) is 5.11 Å². The van der Waals surface area contributed by atoms with Crippen molar-refractivity contribution in [3.63, 3.8) is 0 Å². The largest absolute Gasteiger partial charge is 0.388 e. The fourth-order valence-electron chi connectivity index (χ4n) is 2.21. The predicted octanol–water partition coefficient (Wildman–Crippen LogP) is 3.01. The van der Waals surface area contributed by atoms with Crippen LogP contribution in [-0.2, 0) is 12.8 Å². The maximum Gasteiger partial charge on any atom is 0.0792 e. The van der Waals surface area contributed by atoms with Crippen molar-refractivity contribution in [2.45, 2.75) is 45.1 Å². The molecule has 1 heteroatoms. The van der Waals surface area contributed by atoms with E-state index < -0.39 is 0 Å². The maximum atomic E-state index is 9.96. The molecular weight excluding hydrogens is 172 g/mol. The van der Waals surface area contributed by atoms with E-state index in [0.717, 1.165) is 25.7 Å². The van der Waals surface area contributed by atoms with Gasteiger partial charge < -0.3 is 5.11 Å². The summed E-state index contributed by atoms with van der Waals surface area (Å²) in [5, 5.41) is 9.96. The van der Waals surface area contributed by atoms with Gasteiger partial charge in [0.1, 0.15) is 0 Å². The van der Waals surface area contributed by atoms with Crippen LogP contribution < -0.4 is 0 Å². The number of aliphatic hydroxyl groups excluding tert-OH is 1. The van der Waals surface area contributed by atoms with Crippen molar-refractivity contribution in [1.29, 1.82) is 0 Å². The Kier molecular flexibility index (Phi) is 2.87. The second-order valence-corrected chi connectivity index (χ2v) is 4.15. The molecule has 0 aliphatic heterocycles. The summed E-state index contributed by atoms with van der Waals surface area (Å²) in [7, 11) is 0. The standard InChI is InChI=1S/C13H18O/c1-2-10-7-8-11-5-3-4-6-13(14)12(11)9-10/h7-9,13-14H,2-6H2,1H3/t13-/m1/s1. The molecule has 1 nitrogen and oxygen atoms in total. The van der Waals surface area contributed by atoms with Crippen LogP contribution in [0.25, 0.3) is 0 Å². The molecule has 0 fully saturated rings. The van der Waals surface area contributed by atoms with Crippen LogP contribution in [0.5, 0.6) is 0 Å². The lowest BCUT2D eigenvalue weighted by Gasteiger charge is -2.12. The first-order chi connectivity index (χ1) is 6.81. The van der Waals surface area contributed by atoms with Gasteiger partial charge in [-0.25, -0.2) is 0 Å². The first-order valence-electron chi connectivity index (χ1n) is 5.61. The van der Waals surface area contributed by atoms with Gasteiger partial charge in [-0.3, -0.25) is 0 Å². The summed E-state index contributed by atoms with van der Waals surface area (Å²) in [5.74, 6) is 0. The lowest BCUT2D eigenvalue weighted by atomic mass is 9.97. The molecule has 1 aliphatic rings. The van der Waals surface area contributed by atoms with Gasteiger partial charge in [0.2, 0.25) is 0 Å². The maximum absolute atomic E-state index is 9.96. The van der Waals surface area contributed by atoms with Crippen molar-refractivity contribution in [1.82, 2.24) is 0 Å². The molecule has 1 aromatic rings. The van der Waals surface area contributed by atoms with Crippen LogP contribution in [0.1, 0.15) is 49.0 Å². The Hall–Kier alpha value is -0.820. The van der Waals surface area contributed by atoms with E-state index in [4.69, 9.17) is 0 Å². The van der Waals surface area contributed by atoms with Crippen molar-refractivity contribution in [3.05, 3.63) is 34.9 Å². The van der Waals surface area contributed by atoms with Gasteiger partial charge in [0.15, 0.2) is 0 Å². The molecule has 0 radical (unpaired) electrons. The van der Waals surface area contributed by atoms with Crippen LogP contribution in [0.3, 0.4) is 0 Å². The highest BCUT2D eigenvalue weighted by Crippen LogP contribution is 2.29. The Morgan fingerprint density at radius 3 is 3.00 bits per heavy atom. The molecule has 1 N–H and O–H groups in total. The number of hydrogen-bond acceptors (Lipinski definition) is 1. The van der Waals surface area contributed by atoms with Gasteiger partial charge in [0.25, 0.3) is 0 Å². The monoisotopic (exact) mass is 190 g/mol. The molecule has 0 spiro atoms. The molecule has 14 heavy (non-hydrogen) atoms. The van der Waals surface area contributed by atoms with Crippen LogP contribution in [0.15, 0.2) is 18.2 Å². The zero-order chi connectivity index (χ0) is 9.97. The van der Waals surface area contributed by atoms with Gasteiger partial charge in [-0.1, -0.05) is 31.5 Å². The molecule has 0 aromatic heterocycles. The zero-order valence-corrected chi connectivity index (χ0v) is 8.79. The van der Waals surface area contributed by atoms with E-state index >= 15 is 0 Å². The van der Waals surface area contributed by atoms with Gasteiger partial charge in [-0.2, -0.15) is 0 Å². The SMILES string of the molecule is CCc1ccc2c(c1)[C@H](O)CCCC2. The quantitative estimate of drug-likeness (QED) is 0.675. The average Bonchev–Trinajstić information content (AvgIpc) is 2.40. The third-order valence-electron chi connectivity index (χ3n) is 3.15. The van der Waals surface area contributed by atoms with E-state index in [-0.39, 0.29) is 6.10 Å². The summed E-state index contributed by atoms with van der Waals surface area (Å²) in [6, 6.07) is 6.57. The average molecular weight is 190 g/mol. The highest BCUT2D eigenvalue weighted by atomic mass is 16.3. The Morgan fingerprint density at radius 1 is 1.36 bits per heavy atom. The summed E-state index contributed by atoms with van der Waals surface area (Å²) in [4.78, 5) is 0. The topological polar surface area (TPSA) is 20.2 Å². The first kappa shape index (κ1) is 9.72. The fourth-order valence-corrected chi connectivity index (χ4v) is 2.21. The number of rotatable bonds is 1. The van der Waals surface area contributed by atoms with E-state index in [0.29, 0.717) is 0 Å². The Balaban J connectivity index is 2.39. The van der Waals surface area contributed by atoms with E-state index in [9.17, 15) is 5.11 Å². The molecule has 0 saturated carbocycles. The van der Waals surface area contributed by atoms with E-state index in [1.54, 1.807) is 0 Å². The second kappa shape index (κ2) is 4.14. The van der Waals surface area contributed by atoms with Crippen molar-refractivity contribution < 1.29 is 5.11 Å². The Bertz CT molecular complexity index is 317. The third-order valence-corrected chi connectivity index (χ3v) is 3.15. The molecule has 1 aromatic carbocycles. The molecule has 0 bridgehead atoms. The highest BCUT2D eigenvalue weighted by molar-refractivity contribution is 5.34. The van der Waals surface area contributed by atoms with Crippen LogP contribution >= 0.6 is 0 Å². The van der Waals surface area contributed by atoms with E-state index in [1.807, 2.05) is 0 Å². The molecule has 0 heterocycles. The lowest BCUT2D eigenvalue weighted by Crippen LogP contribution is -1.99. The van der Waals surface area contributed by atoms with Crippen LogP contribution in [0.2, 0.25) is 0 Å². The van der Waals surface area contributed by atoms with Gasteiger partial charge in [-0.15, -0.1) is 0 Å². The van der Waals surface area contributed by atoms with Gasteiger partial charge in [0.05, 0.1) is 6.10 Å². The third kappa shape index (κ3) is 1.83. The second-order valence-electron chi connectivity index (χ2n) is 4.15. The predicted molar refractivity (Wildman–Crippen MR) is 58.3 cm³/mol. The van der Waals surface area contributed by atoms with Crippen LogP contribution in [0.4, 0.5) is 0 Å². The van der Waals surface area contributed by atoms with Gasteiger partial charge in [-0.05, 0) is 42.4 Å². The van der Waals surface area contributed by atoms with Crippen LogP contribution in [0, 0.1) is 0 Å². The molecule has 76 valence electrons. The summed E-state index contributed by atoms with van der Waals surface area (Å²) >= 11 is 0. The van der Waals surface area contributed by atoms with Crippen molar-refractivity contribution in [3.8, 4) is 0 Å². The lowest BCUT2D eigenvalue weighted by molar-refractivity contribution is 0.166. The molecule has 2 rings (SSSR count). The smallest absolute Gasteiger partial charge is 0.0792 e. The minimum Gasteiger partial charge on any atom is -0.388 e. The number of aliphatic hydroxyl groups is 1. The fraction of sp³-hybridized carbons (Fsp3) is 0.538. The van der Waals surface area contributed by atoms with Gasteiger partial charge >= 0.3 is 0 Å². The highest BCUT2D eigenvalue weighted by Gasteiger charge is 2.15. The van der Waals surface area contributed by atoms with Crippen molar-refractivity contribution >= 4 is 0 Å². The number of aryl methyl sites for hydroxylation is 2. The Labute approximate surface area is 85.8 Å². The van der Waals surface area contributed by atoms with E-state index in [1.165, 1.54) is 23.1 Å². The molecule has 1 aliphatic carbocycles. The number of fused-ring (bicyclic) bond motifs is 1. The molecule has 0 unspecified atom stereocenters. The van der Waals surface area contributed by atoms with Gasteiger partial charge in [0, 0.05) is 0 Å². The first-order valence-corrected chi connectivity index (χ1v) is 5.61. The van der Waals surface area contributed by atoms with E-state index in [2.05, 4.69) is 25.1 Å². The number of benzene rings is 1. The molecular formula is C13H18O. The number of hydrogen-bond donors (Lipinski definition) is 1. The normalized spacial score (nSPS) is 21.4. The molecule has 0 saturated heterocycles. The minimum absolute atomic E-state index is 0.223. The van der Waals surface area contributed by atoms with Crippen molar-refractivity contribution in [2.75, 3.05) is 0 Å². The zero-order valence-electron chi connectivity index (χ0n) is 8.79. The molecule has 1 atom stereocenters. The molecule has 0 amide bonds. The summed E-state index contributed by atoms with van der Waals surface area (Å²) in [6.07, 6.45) is 5.27. The Morgan fingerprint density at radius 2 is 2.21 bits per heavy atom. The summed E-state index contributed by atoms with van der Waals surface area (Å²) in [6.45, 7) is 2.16. The summed E-state index contributed by atoms with van der Waals surface area (Å²) in [5.41, 5.74) is 3.87. The minimum atomic E-state index is -0.223. The van der Waals surface area contributed by atoms with Crippen molar-refractivity contribution in [2.24, 2.45) is 0 Å². The summed E-state index contributed by atoms with van der Waals surface area (Å²) < 4.78 is 0.